The lowest BCUT2D eigenvalue weighted by molar-refractivity contribution is 0.0985. The van der Waals surface area contributed by atoms with Crippen molar-refractivity contribution in [1.29, 1.82) is 0 Å². The summed E-state index contributed by atoms with van der Waals surface area (Å²) in [6.45, 7) is 2.49. The van der Waals surface area contributed by atoms with Crippen molar-refractivity contribution < 1.29 is 4.79 Å². The molecule has 0 aliphatic rings. The second-order valence-electron chi connectivity index (χ2n) is 5.33. The number of aryl methyl sites for hydroxylation is 1. The molecule has 1 aromatic carbocycles. The summed E-state index contributed by atoms with van der Waals surface area (Å²) in [5.41, 5.74) is 3.58. The maximum atomic E-state index is 12.9. The molecule has 0 spiro atoms. The zero-order valence-corrected chi connectivity index (χ0v) is 12.9. The number of amides is 1. The van der Waals surface area contributed by atoms with Crippen molar-refractivity contribution in [2.75, 3.05) is 4.90 Å². The number of anilines is 1. The van der Waals surface area contributed by atoms with Crippen molar-refractivity contribution in [3.8, 4) is 0 Å². The molecule has 2 aromatic heterocycles. The number of nitrogens with zero attached hydrogens (tertiary/aromatic N) is 3. The van der Waals surface area contributed by atoms with E-state index in [9.17, 15) is 4.79 Å². The summed E-state index contributed by atoms with van der Waals surface area (Å²) in [6, 6.07) is 15.2. The van der Waals surface area contributed by atoms with Gasteiger partial charge in [-0.05, 0) is 48.4 Å². The third kappa shape index (κ3) is 3.61. The fraction of sp³-hybridized carbons (Fsp3) is 0.105. The quantitative estimate of drug-likeness (QED) is 0.739. The number of hydrogen-bond donors (Lipinski definition) is 0. The van der Waals surface area contributed by atoms with E-state index in [4.69, 9.17) is 0 Å². The molecule has 4 nitrogen and oxygen atoms in total. The van der Waals surface area contributed by atoms with Crippen LogP contribution in [0.3, 0.4) is 0 Å². The highest BCUT2D eigenvalue weighted by atomic mass is 16.2. The van der Waals surface area contributed by atoms with Gasteiger partial charge in [0.2, 0.25) is 0 Å². The van der Waals surface area contributed by atoms with Crippen LogP contribution in [-0.2, 0) is 6.54 Å². The molecule has 0 radical (unpaired) electrons. The standard InChI is InChI=1S/C19H17N3O/c1-15-4-2-6-18(12-15)22(14-16-5-3-9-21-13-16)19(23)17-7-10-20-11-8-17/h2-13H,14H2,1H3. The van der Waals surface area contributed by atoms with Gasteiger partial charge in [0.05, 0.1) is 6.54 Å². The molecular formula is C19H17N3O. The highest BCUT2D eigenvalue weighted by Gasteiger charge is 2.18. The Labute approximate surface area is 135 Å². The summed E-state index contributed by atoms with van der Waals surface area (Å²) < 4.78 is 0. The van der Waals surface area contributed by atoms with Crippen LogP contribution in [0, 0.1) is 6.92 Å². The van der Waals surface area contributed by atoms with Crippen LogP contribution in [-0.4, -0.2) is 15.9 Å². The van der Waals surface area contributed by atoms with E-state index in [2.05, 4.69) is 9.97 Å². The first-order valence-electron chi connectivity index (χ1n) is 7.41. The molecule has 0 saturated heterocycles. The van der Waals surface area contributed by atoms with E-state index in [0.29, 0.717) is 12.1 Å². The molecule has 0 unspecified atom stereocenters. The van der Waals surface area contributed by atoms with Gasteiger partial charge in [0.15, 0.2) is 0 Å². The largest absolute Gasteiger partial charge is 0.304 e. The minimum atomic E-state index is -0.0538. The van der Waals surface area contributed by atoms with Gasteiger partial charge in [-0.2, -0.15) is 0 Å². The lowest BCUT2D eigenvalue weighted by Crippen LogP contribution is -2.30. The van der Waals surface area contributed by atoms with Crippen molar-refractivity contribution >= 4 is 11.6 Å². The molecule has 0 aliphatic carbocycles. The number of benzene rings is 1. The first kappa shape index (κ1) is 14.9. The van der Waals surface area contributed by atoms with Gasteiger partial charge < -0.3 is 4.90 Å². The first-order chi connectivity index (χ1) is 11.2. The van der Waals surface area contributed by atoms with Crippen LogP contribution >= 0.6 is 0 Å². The van der Waals surface area contributed by atoms with Crippen molar-refractivity contribution in [3.63, 3.8) is 0 Å². The molecule has 4 heteroatoms. The fourth-order valence-corrected chi connectivity index (χ4v) is 2.40. The van der Waals surface area contributed by atoms with E-state index >= 15 is 0 Å². The molecule has 0 N–H and O–H groups in total. The van der Waals surface area contributed by atoms with Crippen molar-refractivity contribution in [2.45, 2.75) is 13.5 Å². The van der Waals surface area contributed by atoms with Gasteiger partial charge in [0.1, 0.15) is 0 Å². The number of pyridine rings is 2. The first-order valence-corrected chi connectivity index (χ1v) is 7.41. The van der Waals surface area contributed by atoms with Crippen LogP contribution in [0.15, 0.2) is 73.3 Å². The van der Waals surface area contributed by atoms with Crippen LogP contribution in [0.25, 0.3) is 0 Å². The van der Waals surface area contributed by atoms with Gasteiger partial charge in [-0.25, -0.2) is 0 Å². The average Bonchev–Trinajstić information content (AvgIpc) is 2.61. The number of rotatable bonds is 4. The van der Waals surface area contributed by atoms with E-state index in [1.54, 1.807) is 41.8 Å². The molecule has 2 heterocycles. The van der Waals surface area contributed by atoms with Crippen LogP contribution in [0.2, 0.25) is 0 Å². The Kier molecular flexibility index (Phi) is 4.43. The Balaban J connectivity index is 1.98. The number of aromatic nitrogens is 2. The molecule has 1 amide bonds. The Morgan fingerprint density at radius 3 is 2.52 bits per heavy atom. The lowest BCUT2D eigenvalue weighted by atomic mass is 10.1. The molecular weight excluding hydrogens is 286 g/mol. The summed E-state index contributed by atoms with van der Waals surface area (Å²) in [5.74, 6) is -0.0538. The summed E-state index contributed by atoms with van der Waals surface area (Å²) in [7, 11) is 0. The van der Waals surface area contributed by atoms with Gasteiger partial charge in [-0.3, -0.25) is 14.8 Å². The van der Waals surface area contributed by atoms with E-state index in [0.717, 1.165) is 16.8 Å². The Morgan fingerprint density at radius 1 is 1.00 bits per heavy atom. The molecule has 114 valence electrons. The SMILES string of the molecule is Cc1cccc(N(Cc2cccnc2)C(=O)c2ccncc2)c1. The van der Waals surface area contributed by atoms with Gasteiger partial charge >= 0.3 is 0 Å². The number of carbonyl (C=O) groups is 1. The minimum Gasteiger partial charge on any atom is -0.304 e. The molecule has 0 saturated carbocycles. The van der Waals surface area contributed by atoms with Crippen LogP contribution in [0.1, 0.15) is 21.5 Å². The zero-order valence-electron chi connectivity index (χ0n) is 12.9. The fourth-order valence-electron chi connectivity index (χ4n) is 2.40. The van der Waals surface area contributed by atoms with E-state index in [1.807, 2.05) is 43.3 Å². The topological polar surface area (TPSA) is 46.1 Å². The summed E-state index contributed by atoms with van der Waals surface area (Å²) >= 11 is 0. The zero-order chi connectivity index (χ0) is 16.1. The summed E-state index contributed by atoms with van der Waals surface area (Å²) in [4.78, 5) is 22.8. The molecule has 0 aliphatic heterocycles. The van der Waals surface area contributed by atoms with Crippen LogP contribution in [0.4, 0.5) is 5.69 Å². The van der Waals surface area contributed by atoms with Crippen molar-refractivity contribution in [2.24, 2.45) is 0 Å². The Bertz CT molecular complexity index is 788. The van der Waals surface area contributed by atoms with E-state index < -0.39 is 0 Å². The Morgan fingerprint density at radius 2 is 1.83 bits per heavy atom. The molecule has 0 bridgehead atoms. The maximum absolute atomic E-state index is 12.9. The normalized spacial score (nSPS) is 10.3. The Hall–Kier alpha value is -3.01. The monoisotopic (exact) mass is 303 g/mol. The predicted molar refractivity (Wildman–Crippen MR) is 90.2 cm³/mol. The summed E-state index contributed by atoms with van der Waals surface area (Å²) in [6.07, 6.45) is 6.77. The van der Waals surface area contributed by atoms with Crippen LogP contribution < -0.4 is 4.90 Å². The minimum absolute atomic E-state index is 0.0538. The number of carbonyl (C=O) groups excluding carboxylic acids is 1. The van der Waals surface area contributed by atoms with Gasteiger partial charge in [-0.1, -0.05) is 18.2 Å². The van der Waals surface area contributed by atoms with Gasteiger partial charge in [-0.15, -0.1) is 0 Å². The lowest BCUT2D eigenvalue weighted by Gasteiger charge is -2.23. The van der Waals surface area contributed by atoms with Gasteiger partial charge in [0.25, 0.3) is 5.91 Å². The van der Waals surface area contributed by atoms with Crippen LogP contribution in [0.5, 0.6) is 0 Å². The molecule has 0 atom stereocenters. The predicted octanol–water partition coefficient (Wildman–Crippen LogP) is 3.63. The highest BCUT2D eigenvalue weighted by Crippen LogP contribution is 2.21. The second kappa shape index (κ2) is 6.83. The third-order valence-electron chi connectivity index (χ3n) is 3.55. The van der Waals surface area contributed by atoms with E-state index in [1.165, 1.54) is 0 Å². The summed E-state index contributed by atoms with van der Waals surface area (Å²) in [5, 5.41) is 0. The smallest absolute Gasteiger partial charge is 0.258 e. The molecule has 3 rings (SSSR count). The highest BCUT2D eigenvalue weighted by molar-refractivity contribution is 6.05. The molecule has 0 fully saturated rings. The second-order valence-corrected chi connectivity index (χ2v) is 5.33. The molecule has 3 aromatic rings. The van der Waals surface area contributed by atoms with Gasteiger partial charge in [0, 0.05) is 36.0 Å². The van der Waals surface area contributed by atoms with Crippen molar-refractivity contribution in [1.82, 2.24) is 9.97 Å². The molecule has 23 heavy (non-hydrogen) atoms. The van der Waals surface area contributed by atoms with E-state index in [-0.39, 0.29) is 5.91 Å². The third-order valence-corrected chi connectivity index (χ3v) is 3.55. The average molecular weight is 303 g/mol. The number of hydrogen-bond acceptors (Lipinski definition) is 3. The van der Waals surface area contributed by atoms with Crippen molar-refractivity contribution in [3.05, 3.63) is 90.0 Å². The maximum Gasteiger partial charge on any atom is 0.258 e.